The summed E-state index contributed by atoms with van der Waals surface area (Å²) in [5.74, 6) is 0.429. The summed E-state index contributed by atoms with van der Waals surface area (Å²) in [5.41, 5.74) is -1.12. The third-order valence-electron chi connectivity index (χ3n) is 4.34. The molecule has 0 aliphatic rings. The van der Waals surface area contributed by atoms with Crippen LogP contribution in [0.4, 0.5) is 0 Å². The van der Waals surface area contributed by atoms with Crippen molar-refractivity contribution in [1.29, 1.82) is 0 Å². The van der Waals surface area contributed by atoms with Crippen molar-refractivity contribution < 1.29 is 24.0 Å². The number of hydrogen-bond donors (Lipinski definition) is 3. The minimum absolute atomic E-state index is 0.241. The van der Waals surface area contributed by atoms with Crippen LogP contribution in [0.2, 0.25) is 0 Å². The maximum absolute atomic E-state index is 12.1. The Balaban J connectivity index is 1.97. The molecule has 3 N–H and O–H groups in total. The van der Waals surface area contributed by atoms with Crippen LogP contribution in [0.1, 0.15) is 43.8 Å². The molecular weight excluding hydrogens is 321 g/mol. The first-order valence-electron chi connectivity index (χ1n) is 8.09. The molecule has 0 bridgehead atoms. The van der Waals surface area contributed by atoms with Crippen molar-refractivity contribution in [3.8, 4) is 0 Å². The molecule has 6 nitrogen and oxygen atoms in total. The van der Waals surface area contributed by atoms with E-state index in [9.17, 15) is 14.9 Å². The molecule has 1 heterocycles. The fourth-order valence-corrected chi connectivity index (χ4v) is 1.97. The second kappa shape index (κ2) is 7.43. The van der Waals surface area contributed by atoms with Crippen molar-refractivity contribution in [3.63, 3.8) is 0 Å². The van der Waals surface area contributed by atoms with E-state index >= 15 is 0 Å². The van der Waals surface area contributed by atoms with Gasteiger partial charge in [0.25, 0.3) is 5.91 Å². The standard InChI is InChI=1S/C18H24BNO5/c1-17(2,22)18(3,4)25-19(23)14-9-7-13(8-10-14)16(21)20-12-15-6-5-11-24-15/h5-11,22-23H,12H2,1-4H3,(H,20,21). The van der Waals surface area contributed by atoms with Gasteiger partial charge in [0, 0.05) is 5.56 Å². The van der Waals surface area contributed by atoms with Gasteiger partial charge in [0.05, 0.1) is 24.0 Å². The molecule has 25 heavy (non-hydrogen) atoms. The van der Waals surface area contributed by atoms with E-state index in [2.05, 4.69) is 5.32 Å². The van der Waals surface area contributed by atoms with E-state index < -0.39 is 18.3 Å². The molecule has 1 aromatic carbocycles. The van der Waals surface area contributed by atoms with Crippen LogP contribution in [0.25, 0.3) is 0 Å². The average molecular weight is 345 g/mol. The summed E-state index contributed by atoms with van der Waals surface area (Å²) in [6, 6.07) is 9.99. The Morgan fingerprint density at radius 2 is 1.84 bits per heavy atom. The molecule has 0 fully saturated rings. The van der Waals surface area contributed by atoms with E-state index in [0.717, 1.165) is 0 Å². The van der Waals surface area contributed by atoms with Crippen molar-refractivity contribution in [3.05, 3.63) is 54.0 Å². The Labute approximate surface area is 148 Å². The Hall–Kier alpha value is -2.09. The highest BCUT2D eigenvalue weighted by atomic mass is 16.5. The second-order valence-corrected chi connectivity index (χ2v) is 6.92. The zero-order valence-corrected chi connectivity index (χ0v) is 14.9. The van der Waals surface area contributed by atoms with E-state index in [1.54, 1.807) is 70.4 Å². The second-order valence-electron chi connectivity index (χ2n) is 6.92. The lowest BCUT2D eigenvalue weighted by Crippen LogP contribution is -2.53. The van der Waals surface area contributed by atoms with Crippen LogP contribution in [0.15, 0.2) is 47.1 Å². The number of benzene rings is 1. The monoisotopic (exact) mass is 345 g/mol. The van der Waals surface area contributed by atoms with Crippen LogP contribution in [0.3, 0.4) is 0 Å². The van der Waals surface area contributed by atoms with Crippen molar-refractivity contribution in [2.75, 3.05) is 0 Å². The first-order chi connectivity index (χ1) is 11.6. The number of amides is 1. The summed E-state index contributed by atoms with van der Waals surface area (Å²) in [4.78, 5) is 12.1. The van der Waals surface area contributed by atoms with Gasteiger partial charge in [0.2, 0.25) is 0 Å². The van der Waals surface area contributed by atoms with Gasteiger partial charge >= 0.3 is 7.12 Å². The zero-order valence-electron chi connectivity index (χ0n) is 14.9. The van der Waals surface area contributed by atoms with Gasteiger partial charge in [0.15, 0.2) is 0 Å². The molecule has 0 unspecified atom stereocenters. The Morgan fingerprint density at radius 1 is 1.20 bits per heavy atom. The molecule has 0 saturated carbocycles. The Bertz CT molecular complexity index is 689. The number of nitrogens with one attached hydrogen (secondary N) is 1. The van der Waals surface area contributed by atoms with Gasteiger partial charge in [0.1, 0.15) is 5.76 Å². The number of hydrogen-bond acceptors (Lipinski definition) is 5. The van der Waals surface area contributed by atoms with Gasteiger partial charge in [-0.25, -0.2) is 0 Å². The van der Waals surface area contributed by atoms with Gasteiger partial charge in [-0.05, 0) is 57.4 Å². The van der Waals surface area contributed by atoms with Gasteiger partial charge in [-0.15, -0.1) is 0 Å². The Kier molecular flexibility index (Phi) is 5.72. The highest BCUT2D eigenvalue weighted by Crippen LogP contribution is 2.25. The number of carbonyl (C=O) groups excluding carboxylic acids is 1. The number of rotatable bonds is 7. The zero-order chi connectivity index (χ0) is 18.7. The lowest BCUT2D eigenvalue weighted by atomic mass is 9.76. The molecule has 134 valence electrons. The van der Waals surface area contributed by atoms with Crippen molar-refractivity contribution in [1.82, 2.24) is 5.32 Å². The predicted octanol–water partition coefficient (Wildman–Crippen LogP) is 1.46. The molecule has 1 amide bonds. The van der Waals surface area contributed by atoms with E-state index in [0.29, 0.717) is 23.3 Å². The van der Waals surface area contributed by atoms with Crippen LogP contribution >= 0.6 is 0 Å². The quantitative estimate of drug-likeness (QED) is 0.661. The minimum Gasteiger partial charge on any atom is -0.467 e. The third-order valence-corrected chi connectivity index (χ3v) is 4.34. The molecule has 2 aromatic rings. The first kappa shape index (κ1) is 19.2. The molecule has 7 heteroatoms. The Morgan fingerprint density at radius 3 is 2.36 bits per heavy atom. The predicted molar refractivity (Wildman–Crippen MR) is 95.4 cm³/mol. The minimum atomic E-state index is -1.21. The SMILES string of the molecule is CC(C)(O)C(C)(C)OB(O)c1ccc(C(=O)NCc2ccco2)cc1. The molecule has 2 rings (SSSR count). The maximum Gasteiger partial charge on any atom is 0.491 e. The summed E-state index contributed by atoms with van der Waals surface area (Å²) in [6.45, 7) is 6.94. The van der Waals surface area contributed by atoms with E-state index in [-0.39, 0.29) is 5.91 Å². The summed E-state index contributed by atoms with van der Waals surface area (Å²) < 4.78 is 10.7. The van der Waals surface area contributed by atoms with E-state index in [1.165, 1.54) is 0 Å². The smallest absolute Gasteiger partial charge is 0.467 e. The fourth-order valence-electron chi connectivity index (χ4n) is 1.97. The molecule has 0 atom stereocenters. The molecule has 0 aliphatic heterocycles. The van der Waals surface area contributed by atoms with Gasteiger partial charge in [-0.2, -0.15) is 0 Å². The van der Waals surface area contributed by atoms with Gasteiger partial charge < -0.3 is 24.5 Å². The molecule has 0 spiro atoms. The maximum atomic E-state index is 12.1. The molecule has 0 radical (unpaired) electrons. The highest BCUT2D eigenvalue weighted by molar-refractivity contribution is 6.60. The van der Waals surface area contributed by atoms with Crippen LogP contribution in [-0.2, 0) is 11.2 Å². The number of furan rings is 1. The summed E-state index contributed by atoms with van der Waals surface area (Å²) in [5, 5.41) is 23.1. The number of carbonyl (C=O) groups is 1. The van der Waals surface area contributed by atoms with Gasteiger partial charge in [-0.1, -0.05) is 12.1 Å². The van der Waals surface area contributed by atoms with Crippen LogP contribution in [0, 0.1) is 0 Å². The highest BCUT2D eigenvalue weighted by Gasteiger charge is 2.39. The summed E-state index contributed by atoms with van der Waals surface area (Å²) in [6.07, 6.45) is 1.55. The van der Waals surface area contributed by atoms with E-state index in [4.69, 9.17) is 9.07 Å². The van der Waals surface area contributed by atoms with Crippen molar-refractivity contribution >= 4 is 18.5 Å². The normalized spacial score (nSPS) is 12.1. The summed E-state index contributed by atoms with van der Waals surface area (Å²) in [7, 11) is -1.21. The molecule has 1 aromatic heterocycles. The third kappa shape index (κ3) is 4.95. The molecule has 0 aliphatic carbocycles. The van der Waals surface area contributed by atoms with Gasteiger partial charge in [-0.3, -0.25) is 4.79 Å². The van der Waals surface area contributed by atoms with Crippen molar-refractivity contribution in [2.45, 2.75) is 45.4 Å². The molecule has 0 saturated heterocycles. The number of aliphatic hydroxyl groups is 1. The first-order valence-corrected chi connectivity index (χ1v) is 8.09. The average Bonchev–Trinajstić information content (AvgIpc) is 3.04. The van der Waals surface area contributed by atoms with Crippen LogP contribution < -0.4 is 10.8 Å². The fraction of sp³-hybridized carbons (Fsp3) is 0.389. The van der Waals surface area contributed by atoms with E-state index in [1.807, 2.05) is 0 Å². The lowest BCUT2D eigenvalue weighted by Gasteiger charge is -2.38. The molecular formula is C18H24BNO5. The largest absolute Gasteiger partial charge is 0.491 e. The topological polar surface area (TPSA) is 91.9 Å². The van der Waals surface area contributed by atoms with Crippen LogP contribution in [-0.4, -0.2) is 34.4 Å². The van der Waals surface area contributed by atoms with Crippen LogP contribution in [0.5, 0.6) is 0 Å². The van der Waals surface area contributed by atoms with Crippen molar-refractivity contribution in [2.24, 2.45) is 0 Å². The lowest BCUT2D eigenvalue weighted by molar-refractivity contribution is -0.0982. The summed E-state index contributed by atoms with van der Waals surface area (Å²) >= 11 is 0.